The van der Waals surface area contributed by atoms with E-state index in [9.17, 15) is 4.79 Å². The molecule has 0 aliphatic carbocycles. The lowest BCUT2D eigenvalue weighted by atomic mass is 10.1. The molecule has 1 N–H and O–H groups in total. The topological polar surface area (TPSA) is 56.2 Å². The molecule has 186 valence electrons. The van der Waals surface area contributed by atoms with Gasteiger partial charge >= 0.3 is 0 Å². The van der Waals surface area contributed by atoms with Crippen LogP contribution in [0.1, 0.15) is 18.2 Å². The van der Waals surface area contributed by atoms with Gasteiger partial charge in [0, 0.05) is 42.5 Å². The SMILES string of the molecule is CC(=O)Nc1cccc(Sc2ccc3c(C=Cc4ccccc4)nn(COCC[Si](C)(C)C)c3c2)c1. The summed E-state index contributed by atoms with van der Waals surface area (Å²) in [6.45, 7) is 9.76. The molecular formula is C29H33N3O2SSi. The number of ether oxygens (including phenoxy) is 1. The zero-order chi connectivity index (χ0) is 25.5. The first-order valence-corrected chi connectivity index (χ1v) is 16.7. The number of fused-ring (bicyclic) bond motifs is 1. The summed E-state index contributed by atoms with van der Waals surface area (Å²) < 4.78 is 8.02. The summed E-state index contributed by atoms with van der Waals surface area (Å²) >= 11 is 1.66. The molecule has 1 amide bonds. The molecule has 4 rings (SSSR count). The Bertz CT molecular complexity index is 1360. The van der Waals surface area contributed by atoms with Gasteiger partial charge < -0.3 is 10.1 Å². The summed E-state index contributed by atoms with van der Waals surface area (Å²) in [5.41, 5.74) is 3.89. The number of anilines is 1. The monoisotopic (exact) mass is 515 g/mol. The van der Waals surface area contributed by atoms with Crippen LogP contribution in [0.4, 0.5) is 5.69 Å². The lowest BCUT2D eigenvalue weighted by molar-refractivity contribution is -0.114. The van der Waals surface area contributed by atoms with Crippen molar-refractivity contribution in [3.05, 3.63) is 84.1 Å². The van der Waals surface area contributed by atoms with Gasteiger partial charge in [0.05, 0.1) is 11.2 Å². The van der Waals surface area contributed by atoms with Crippen molar-refractivity contribution >= 4 is 54.5 Å². The van der Waals surface area contributed by atoms with E-state index in [-0.39, 0.29) is 5.91 Å². The summed E-state index contributed by atoms with van der Waals surface area (Å²) in [6.07, 6.45) is 4.16. The lowest BCUT2D eigenvalue weighted by Crippen LogP contribution is -2.22. The highest BCUT2D eigenvalue weighted by molar-refractivity contribution is 7.99. The quantitative estimate of drug-likeness (QED) is 0.174. The smallest absolute Gasteiger partial charge is 0.221 e. The molecule has 0 saturated carbocycles. The number of rotatable bonds is 10. The number of nitrogens with zero attached hydrogens (tertiary/aromatic N) is 2. The summed E-state index contributed by atoms with van der Waals surface area (Å²) in [5, 5.41) is 8.83. The Hall–Kier alpha value is -3.13. The van der Waals surface area contributed by atoms with E-state index in [2.05, 4.69) is 67.4 Å². The van der Waals surface area contributed by atoms with Gasteiger partial charge in [-0.2, -0.15) is 5.10 Å². The molecule has 5 nitrogen and oxygen atoms in total. The van der Waals surface area contributed by atoms with Gasteiger partial charge in [-0.05, 0) is 54.1 Å². The van der Waals surface area contributed by atoms with Gasteiger partial charge in [-0.15, -0.1) is 0 Å². The first kappa shape index (κ1) is 25.9. The lowest BCUT2D eigenvalue weighted by Gasteiger charge is -2.15. The highest BCUT2D eigenvalue weighted by Gasteiger charge is 2.14. The molecule has 0 aliphatic rings. The second-order valence-corrected chi connectivity index (χ2v) is 16.7. The Morgan fingerprint density at radius 1 is 1.00 bits per heavy atom. The molecule has 36 heavy (non-hydrogen) atoms. The molecule has 7 heteroatoms. The molecule has 0 saturated heterocycles. The van der Waals surface area contributed by atoms with Crippen LogP contribution in [0.25, 0.3) is 23.1 Å². The maximum absolute atomic E-state index is 11.4. The van der Waals surface area contributed by atoms with Crippen LogP contribution in [-0.2, 0) is 16.3 Å². The van der Waals surface area contributed by atoms with Crippen LogP contribution in [0.15, 0.2) is 82.6 Å². The van der Waals surface area contributed by atoms with Gasteiger partial charge in [-0.1, -0.05) is 73.9 Å². The van der Waals surface area contributed by atoms with E-state index in [1.807, 2.05) is 47.1 Å². The molecular weight excluding hydrogens is 482 g/mol. The fourth-order valence-corrected chi connectivity index (χ4v) is 5.38. The zero-order valence-corrected chi connectivity index (χ0v) is 23.1. The van der Waals surface area contributed by atoms with E-state index in [4.69, 9.17) is 9.84 Å². The van der Waals surface area contributed by atoms with Crippen molar-refractivity contribution in [3.63, 3.8) is 0 Å². The van der Waals surface area contributed by atoms with Gasteiger partial charge in [0.2, 0.25) is 5.91 Å². The number of carbonyl (C=O) groups is 1. The van der Waals surface area contributed by atoms with Crippen molar-refractivity contribution in [3.8, 4) is 0 Å². The summed E-state index contributed by atoms with van der Waals surface area (Å²) in [4.78, 5) is 13.6. The minimum atomic E-state index is -1.16. The molecule has 1 heterocycles. The Morgan fingerprint density at radius 2 is 1.78 bits per heavy atom. The summed E-state index contributed by atoms with van der Waals surface area (Å²) in [6, 6.07) is 25.7. The highest BCUT2D eigenvalue weighted by Crippen LogP contribution is 2.33. The fourth-order valence-electron chi connectivity index (χ4n) is 3.71. The number of amides is 1. The average molecular weight is 516 g/mol. The molecule has 4 aromatic rings. The van der Waals surface area contributed by atoms with Gasteiger partial charge in [0.25, 0.3) is 0 Å². The van der Waals surface area contributed by atoms with E-state index >= 15 is 0 Å². The van der Waals surface area contributed by atoms with Crippen molar-refractivity contribution in [2.24, 2.45) is 0 Å². The number of hydrogen-bond donors (Lipinski definition) is 1. The summed E-state index contributed by atoms with van der Waals surface area (Å²) in [7, 11) is -1.16. The molecule has 0 bridgehead atoms. The van der Waals surface area contributed by atoms with Crippen LogP contribution in [-0.4, -0.2) is 30.4 Å². The van der Waals surface area contributed by atoms with Gasteiger partial charge in [0.15, 0.2) is 0 Å². The van der Waals surface area contributed by atoms with Crippen molar-refractivity contribution in [2.75, 3.05) is 11.9 Å². The van der Waals surface area contributed by atoms with Crippen LogP contribution in [0.2, 0.25) is 25.7 Å². The van der Waals surface area contributed by atoms with E-state index in [0.29, 0.717) is 6.73 Å². The molecule has 0 fully saturated rings. The second-order valence-electron chi connectivity index (χ2n) is 9.97. The maximum atomic E-state index is 11.4. The van der Waals surface area contributed by atoms with Crippen molar-refractivity contribution in [1.82, 2.24) is 9.78 Å². The largest absolute Gasteiger partial charge is 0.360 e. The van der Waals surface area contributed by atoms with Crippen LogP contribution in [0.3, 0.4) is 0 Å². The van der Waals surface area contributed by atoms with Crippen molar-refractivity contribution in [1.29, 1.82) is 0 Å². The van der Waals surface area contributed by atoms with E-state index in [0.717, 1.165) is 50.3 Å². The number of benzene rings is 3. The van der Waals surface area contributed by atoms with E-state index in [1.165, 1.54) is 6.92 Å². The Balaban J connectivity index is 1.61. The molecule has 0 radical (unpaired) electrons. The molecule has 1 aromatic heterocycles. The number of nitrogens with one attached hydrogen (secondary N) is 1. The van der Waals surface area contributed by atoms with Gasteiger partial charge in [-0.25, -0.2) is 4.68 Å². The van der Waals surface area contributed by atoms with Crippen LogP contribution < -0.4 is 5.32 Å². The standard InChI is InChI=1S/C29H33N3O2SSi/c1-22(33)30-24-11-8-12-25(19-24)35-26-14-15-27-28(16-13-23-9-6-5-7-10-23)31-32(29(27)20-26)21-34-17-18-36(2,3)4/h5-16,19-20H,17-18,21H2,1-4H3,(H,30,33). The molecule has 0 atom stereocenters. The van der Waals surface area contributed by atoms with Crippen LogP contribution in [0.5, 0.6) is 0 Å². The number of aromatic nitrogens is 2. The minimum Gasteiger partial charge on any atom is -0.360 e. The normalized spacial score (nSPS) is 11.9. The Labute approximate surface area is 218 Å². The Kier molecular flexibility index (Phi) is 8.46. The second kappa shape index (κ2) is 11.7. The molecule has 0 unspecified atom stereocenters. The number of carbonyl (C=O) groups excluding carboxylic acids is 1. The summed E-state index contributed by atoms with van der Waals surface area (Å²) in [5.74, 6) is -0.0762. The predicted octanol–water partition coefficient (Wildman–Crippen LogP) is 7.63. The molecule has 3 aromatic carbocycles. The van der Waals surface area contributed by atoms with E-state index < -0.39 is 8.07 Å². The maximum Gasteiger partial charge on any atom is 0.221 e. The van der Waals surface area contributed by atoms with Crippen molar-refractivity contribution < 1.29 is 9.53 Å². The fraction of sp³-hybridized carbons (Fsp3) is 0.241. The molecule has 0 aliphatic heterocycles. The van der Waals surface area contributed by atoms with Crippen molar-refractivity contribution in [2.45, 2.75) is 49.1 Å². The first-order chi connectivity index (χ1) is 17.3. The van der Waals surface area contributed by atoms with Gasteiger partial charge in [-0.3, -0.25) is 4.79 Å². The molecule has 0 spiro atoms. The van der Waals surface area contributed by atoms with Crippen LogP contribution in [0, 0.1) is 0 Å². The first-order valence-electron chi connectivity index (χ1n) is 12.1. The van der Waals surface area contributed by atoms with Gasteiger partial charge in [0.1, 0.15) is 6.73 Å². The van der Waals surface area contributed by atoms with E-state index in [1.54, 1.807) is 11.8 Å². The third-order valence-electron chi connectivity index (χ3n) is 5.58. The Morgan fingerprint density at radius 3 is 2.53 bits per heavy atom. The number of hydrogen-bond acceptors (Lipinski definition) is 4. The predicted molar refractivity (Wildman–Crippen MR) is 154 cm³/mol. The van der Waals surface area contributed by atoms with Crippen LogP contribution >= 0.6 is 11.8 Å². The third kappa shape index (κ3) is 7.43. The highest BCUT2D eigenvalue weighted by atomic mass is 32.2. The average Bonchev–Trinajstić information content (AvgIpc) is 3.17. The minimum absolute atomic E-state index is 0.0762. The third-order valence-corrected chi connectivity index (χ3v) is 8.27. The zero-order valence-electron chi connectivity index (χ0n) is 21.3.